The maximum atomic E-state index is 15.0. The number of aromatic hydroxyl groups is 3. The van der Waals surface area contributed by atoms with Gasteiger partial charge >= 0.3 is 0 Å². The lowest BCUT2D eigenvalue weighted by Crippen LogP contribution is -2.63. The van der Waals surface area contributed by atoms with Gasteiger partial charge < -0.3 is 30.3 Å². The number of fused-ring (bicyclic) bond motifs is 1. The van der Waals surface area contributed by atoms with E-state index in [1.807, 2.05) is 4.90 Å². The number of carbonyl (C=O) groups is 3. The fourth-order valence-corrected chi connectivity index (χ4v) is 5.06. The number of amides is 3. The van der Waals surface area contributed by atoms with Crippen LogP contribution < -0.4 is 10.6 Å². The van der Waals surface area contributed by atoms with Crippen LogP contribution in [0.5, 0.6) is 17.2 Å². The highest BCUT2D eigenvalue weighted by Gasteiger charge is 2.48. The van der Waals surface area contributed by atoms with Gasteiger partial charge in [0.05, 0.1) is 29.8 Å². The third-order valence-corrected chi connectivity index (χ3v) is 7.32. The normalized spacial score (nSPS) is 21.9. The van der Waals surface area contributed by atoms with Crippen molar-refractivity contribution < 1.29 is 38.8 Å². The van der Waals surface area contributed by atoms with Crippen LogP contribution in [0.3, 0.4) is 0 Å². The van der Waals surface area contributed by atoms with Gasteiger partial charge in [-0.2, -0.15) is 0 Å². The van der Waals surface area contributed by atoms with Gasteiger partial charge in [0.1, 0.15) is 13.6 Å². The third-order valence-electron chi connectivity index (χ3n) is 7.32. The van der Waals surface area contributed by atoms with Gasteiger partial charge in [-0.05, 0) is 18.6 Å². The summed E-state index contributed by atoms with van der Waals surface area (Å²) >= 11 is 0. The van der Waals surface area contributed by atoms with Crippen molar-refractivity contribution in [3.63, 3.8) is 0 Å². The fraction of sp³-hybridized carbons (Fsp3) is 0.400. The highest BCUT2D eigenvalue weighted by atomic mass is 19.1. The number of imide groups is 1. The molecule has 2 aromatic rings. The lowest BCUT2D eigenvalue weighted by atomic mass is 9.70. The summed E-state index contributed by atoms with van der Waals surface area (Å²) < 4.78 is 20.3. The summed E-state index contributed by atoms with van der Waals surface area (Å²) in [6, 6.07) is 4.82. The van der Waals surface area contributed by atoms with Gasteiger partial charge in [-0.1, -0.05) is 6.07 Å². The lowest BCUT2D eigenvalue weighted by molar-refractivity contribution is -0.138. The Kier molecular flexibility index (Phi) is 6.65. The third kappa shape index (κ3) is 4.31. The molecular weight excluding hydrogens is 498 g/mol. The standard InChI is InChI=1S/C25H26BFN4O7/c26-25(5-4-18(32)29-24(25)37)31-12-15-13(23(31)36)2-1-3-17(15)28-10-14-19(27)22(35)21(34)16(20(14)33)11-30-6-8-38-9-7-30/h1-3,28,33-35H,4-12H2,(H,29,32,37). The first-order valence-corrected chi connectivity index (χ1v) is 12.2. The molecule has 1 unspecified atom stereocenters. The van der Waals surface area contributed by atoms with Crippen molar-refractivity contribution in [1.82, 2.24) is 15.1 Å². The van der Waals surface area contributed by atoms with Crippen molar-refractivity contribution in [3.05, 3.63) is 46.3 Å². The van der Waals surface area contributed by atoms with Crippen molar-refractivity contribution in [2.75, 3.05) is 31.6 Å². The Bertz CT molecular complexity index is 1330. The van der Waals surface area contributed by atoms with E-state index in [2.05, 4.69) is 10.6 Å². The summed E-state index contributed by atoms with van der Waals surface area (Å²) in [7, 11) is 6.29. The molecule has 1 atom stereocenters. The average Bonchev–Trinajstić information content (AvgIpc) is 3.26. The maximum absolute atomic E-state index is 15.0. The Morgan fingerprint density at radius 1 is 1.08 bits per heavy atom. The van der Waals surface area contributed by atoms with Crippen LogP contribution >= 0.6 is 0 Å². The lowest BCUT2D eigenvalue weighted by Gasteiger charge is -2.40. The zero-order chi connectivity index (χ0) is 27.2. The van der Waals surface area contributed by atoms with E-state index in [1.165, 1.54) is 4.90 Å². The predicted molar refractivity (Wildman–Crippen MR) is 132 cm³/mol. The fourth-order valence-electron chi connectivity index (χ4n) is 5.06. The number of ether oxygens (including phenoxy) is 1. The number of phenols is 3. The van der Waals surface area contributed by atoms with E-state index in [0.717, 1.165) is 0 Å². The molecule has 0 saturated carbocycles. The van der Waals surface area contributed by atoms with E-state index in [4.69, 9.17) is 12.6 Å². The van der Waals surface area contributed by atoms with Gasteiger partial charge in [0.15, 0.2) is 17.3 Å². The molecule has 2 saturated heterocycles. The maximum Gasteiger partial charge on any atom is 0.254 e. The SMILES string of the molecule is [B]C1(N2Cc3c(NCc4c(O)c(CN5CCOCC5)c(O)c(O)c4F)cccc3C2=O)CCC(=O)NC1=O. The number of hydrogen-bond donors (Lipinski definition) is 5. The van der Waals surface area contributed by atoms with Crippen molar-refractivity contribution in [2.24, 2.45) is 0 Å². The minimum Gasteiger partial charge on any atom is -0.507 e. The largest absolute Gasteiger partial charge is 0.507 e. The van der Waals surface area contributed by atoms with Crippen LogP contribution in [-0.2, 0) is 34.0 Å². The Morgan fingerprint density at radius 3 is 2.53 bits per heavy atom. The molecule has 38 heavy (non-hydrogen) atoms. The number of anilines is 1. The van der Waals surface area contributed by atoms with Crippen molar-refractivity contribution in [2.45, 2.75) is 37.9 Å². The number of rotatable bonds is 6. The number of nitrogens with one attached hydrogen (secondary N) is 2. The van der Waals surface area contributed by atoms with Gasteiger partial charge in [-0.25, -0.2) is 4.39 Å². The smallest absolute Gasteiger partial charge is 0.254 e. The molecule has 2 radical (unpaired) electrons. The molecule has 0 spiro atoms. The predicted octanol–water partition coefficient (Wildman–Crippen LogP) is 0.644. The highest BCUT2D eigenvalue weighted by molar-refractivity contribution is 6.32. The number of halogens is 1. The molecule has 198 valence electrons. The summed E-state index contributed by atoms with van der Waals surface area (Å²) in [5.74, 6) is -5.07. The molecule has 11 nitrogen and oxygen atoms in total. The van der Waals surface area contributed by atoms with E-state index < -0.39 is 46.2 Å². The topological polar surface area (TPSA) is 152 Å². The van der Waals surface area contributed by atoms with Gasteiger partial charge in [0.25, 0.3) is 5.91 Å². The Labute approximate surface area is 218 Å². The van der Waals surface area contributed by atoms with Gasteiger partial charge in [-0.15, -0.1) is 0 Å². The molecule has 0 aliphatic carbocycles. The molecule has 0 bridgehead atoms. The van der Waals surface area contributed by atoms with Gasteiger partial charge in [0.2, 0.25) is 11.8 Å². The molecule has 2 fully saturated rings. The second kappa shape index (κ2) is 9.80. The van der Waals surface area contributed by atoms with Gasteiger partial charge in [0, 0.05) is 56.0 Å². The monoisotopic (exact) mass is 524 g/mol. The molecule has 0 aromatic heterocycles. The molecule has 3 aliphatic rings. The minimum absolute atomic E-state index is 0.00910. The molecular formula is C25H26BFN4O7. The number of phenolic OH excluding ortho intramolecular Hbond substituents is 3. The Hall–Kier alpha value is -3.84. The van der Waals surface area contributed by atoms with Gasteiger partial charge in [-0.3, -0.25) is 24.6 Å². The molecule has 3 heterocycles. The summed E-state index contributed by atoms with van der Waals surface area (Å²) in [4.78, 5) is 40.4. The van der Waals surface area contributed by atoms with Crippen molar-refractivity contribution >= 4 is 31.3 Å². The first-order chi connectivity index (χ1) is 18.1. The van der Waals surface area contributed by atoms with Crippen LogP contribution in [0.25, 0.3) is 0 Å². The van der Waals surface area contributed by atoms with E-state index in [1.54, 1.807) is 18.2 Å². The molecule has 3 aliphatic heterocycles. The zero-order valence-electron chi connectivity index (χ0n) is 20.4. The van der Waals surface area contributed by atoms with Crippen molar-refractivity contribution in [3.8, 4) is 17.2 Å². The van der Waals surface area contributed by atoms with Crippen LogP contribution in [0.1, 0.15) is 39.9 Å². The number of piperidine rings is 1. The summed E-state index contributed by atoms with van der Waals surface area (Å²) in [6.45, 7) is 1.79. The number of hydrogen-bond acceptors (Lipinski definition) is 9. The van der Waals surface area contributed by atoms with Crippen LogP contribution in [0.15, 0.2) is 18.2 Å². The van der Waals surface area contributed by atoms with E-state index >= 15 is 0 Å². The number of nitrogens with zero attached hydrogens (tertiary/aromatic N) is 2. The number of benzene rings is 2. The highest BCUT2D eigenvalue weighted by Crippen LogP contribution is 2.43. The minimum atomic E-state index is -1.71. The quantitative estimate of drug-likeness (QED) is 0.159. The summed E-state index contributed by atoms with van der Waals surface area (Å²) in [5.41, 5.74) is -0.759. The van der Waals surface area contributed by atoms with E-state index in [-0.39, 0.29) is 49.2 Å². The van der Waals surface area contributed by atoms with Crippen LogP contribution in [-0.4, -0.2) is 82.4 Å². The summed E-state index contributed by atoms with van der Waals surface area (Å²) in [5, 5.41) is 36.6. The molecule has 5 rings (SSSR count). The molecule has 3 amide bonds. The second-order valence-electron chi connectivity index (χ2n) is 9.58. The van der Waals surface area contributed by atoms with Crippen LogP contribution in [0, 0.1) is 5.82 Å². The second-order valence-corrected chi connectivity index (χ2v) is 9.58. The Morgan fingerprint density at radius 2 is 1.82 bits per heavy atom. The van der Waals surface area contributed by atoms with Crippen molar-refractivity contribution in [1.29, 1.82) is 0 Å². The van der Waals surface area contributed by atoms with Crippen LogP contribution in [0.2, 0.25) is 0 Å². The molecule has 13 heteroatoms. The van der Waals surface area contributed by atoms with Crippen LogP contribution in [0.4, 0.5) is 10.1 Å². The first-order valence-electron chi connectivity index (χ1n) is 12.2. The average molecular weight is 524 g/mol. The Balaban J connectivity index is 1.40. The zero-order valence-corrected chi connectivity index (χ0v) is 20.4. The molecule has 5 N–H and O–H groups in total. The number of carbonyl (C=O) groups excluding carboxylic acids is 3. The van der Waals surface area contributed by atoms with E-state index in [0.29, 0.717) is 37.6 Å². The van der Waals surface area contributed by atoms with E-state index in [9.17, 15) is 34.1 Å². The number of morpholine rings is 1. The molecule has 2 aromatic carbocycles. The summed E-state index contributed by atoms with van der Waals surface area (Å²) in [6.07, 6.45) is -0.0406. The first kappa shape index (κ1) is 25.8.